The van der Waals surface area contributed by atoms with Crippen molar-refractivity contribution in [1.82, 2.24) is 20.1 Å². The lowest BCUT2D eigenvalue weighted by molar-refractivity contribution is -0.119. The number of sulfone groups is 1. The number of aromatic nitrogens is 3. The van der Waals surface area contributed by atoms with Gasteiger partial charge in [-0.15, -0.1) is 16.8 Å². The van der Waals surface area contributed by atoms with Crippen LogP contribution in [0.4, 0.5) is 0 Å². The minimum Gasteiger partial charge on any atom is -0.352 e. The van der Waals surface area contributed by atoms with E-state index in [2.05, 4.69) is 29.0 Å². The monoisotopic (exact) mass is 340 g/mol. The highest BCUT2D eigenvalue weighted by atomic mass is 32.2. The average Bonchev–Trinajstić information content (AvgIpc) is 2.83. The first-order valence-corrected chi connectivity index (χ1v) is 9.53. The number of carbonyl (C=O) groups excluding carboxylic acids is 1. The van der Waals surface area contributed by atoms with Crippen LogP contribution in [0.1, 0.15) is 38.4 Å². The summed E-state index contributed by atoms with van der Waals surface area (Å²) in [6.45, 7) is 7.63. The summed E-state index contributed by atoms with van der Waals surface area (Å²) in [7, 11) is -3.83. The second-order valence-electron chi connectivity index (χ2n) is 6.12. The molecular formula is C15H24N4O3S. The van der Waals surface area contributed by atoms with Crippen LogP contribution < -0.4 is 5.32 Å². The molecule has 0 aliphatic heterocycles. The fraction of sp³-hybridized carbons (Fsp3) is 0.667. The van der Waals surface area contributed by atoms with Gasteiger partial charge in [0, 0.05) is 12.6 Å². The number of aryl methyl sites for hydroxylation is 1. The summed E-state index contributed by atoms with van der Waals surface area (Å²) in [6.07, 6.45) is 5.76. The van der Waals surface area contributed by atoms with Gasteiger partial charge in [0.25, 0.3) is 5.16 Å². The minimum atomic E-state index is -3.83. The third-order valence-corrected chi connectivity index (χ3v) is 5.77. The van der Waals surface area contributed by atoms with Crippen LogP contribution in [0.5, 0.6) is 0 Å². The third-order valence-electron chi connectivity index (χ3n) is 4.27. The molecule has 1 fully saturated rings. The van der Waals surface area contributed by atoms with Gasteiger partial charge in [-0.2, -0.15) is 0 Å². The molecule has 0 aromatic carbocycles. The van der Waals surface area contributed by atoms with Gasteiger partial charge in [-0.3, -0.25) is 9.36 Å². The lowest BCUT2D eigenvalue weighted by atomic mass is 9.86. The molecule has 0 bridgehead atoms. The molecule has 7 nitrogen and oxygen atoms in total. The van der Waals surface area contributed by atoms with E-state index in [1.165, 1.54) is 4.57 Å². The number of amides is 1. The van der Waals surface area contributed by atoms with Gasteiger partial charge in [0.2, 0.25) is 15.7 Å². The summed E-state index contributed by atoms with van der Waals surface area (Å²) >= 11 is 0. The molecule has 0 radical (unpaired) electrons. The molecule has 23 heavy (non-hydrogen) atoms. The van der Waals surface area contributed by atoms with Crippen molar-refractivity contribution in [3.63, 3.8) is 0 Å². The Labute approximate surface area is 137 Å². The lowest BCUT2D eigenvalue weighted by Crippen LogP contribution is -2.43. The molecule has 8 heteroatoms. The Kier molecular flexibility index (Phi) is 5.56. The van der Waals surface area contributed by atoms with Crippen molar-refractivity contribution in [2.24, 2.45) is 5.92 Å². The van der Waals surface area contributed by atoms with Gasteiger partial charge in [-0.05, 0) is 25.7 Å². The van der Waals surface area contributed by atoms with Gasteiger partial charge >= 0.3 is 0 Å². The number of carbonyl (C=O) groups is 1. The Morgan fingerprint density at radius 2 is 2.09 bits per heavy atom. The van der Waals surface area contributed by atoms with Gasteiger partial charge in [0.15, 0.2) is 0 Å². The van der Waals surface area contributed by atoms with Crippen molar-refractivity contribution in [2.75, 3.05) is 5.75 Å². The maximum atomic E-state index is 12.5. The fourth-order valence-corrected chi connectivity index (χ4v) is 4.21. The molecule has 2 rings (SSSR count). The number of nitrogens with zero attached hydrogens (tertiary/aromatic N) is 3. The summed E-state index contributed by atoms with van der Waals surface area (Å²) < 4.78 is 26.4. The van der Waals surface area contributed by atoms with E-state index in [-0.39, 0.29) is 17.7 Å². The van der Waals surface area contributed by atoms with E-state index in [9.17, 15) is 13.2 Å². The summed E-state index contributed by atoms with van der Waals surface area (Å²) in [5.41, 5.74) is 0. The summed E-state index contributed by atoms with van der Waals surface area (Å²) in [4.78, 5) is 12.2. The fourth-order valence-electron chi connectivity index (χ4n) is 2.95. The second kappa shape index (κ2) is 7.25. The van der Waals surface area contributed by atoms with Crippen LogP contribution in [0.2, 0.25) is 0 Å². The number of allylic oxidation sites excluding steroid dienone is 1. The number of rotatable bonds is 6. The van der Waals surface area contributed by atoms with Crippen molar-refractivity contribution in [2.45, 2.75) is 57.3 Å². The van der Waals surface area contributed by atoms with Gasteiger partial charge in [0.05, 0.1) is 0 Å². The predicted molar refractivity (Wildman–Crippen MR) is 86.6 cm³/mol. The molecule has 1 saturated carbocycles. The molecule has 1 aliphatic carbocycles. The molecule has 128 valence electrons. The highest BCUT2D eigenvalue weighted by molar-refractivity contribution is 7.91. The van der Waals surface area contributed by atoms with E-state index in [1.54, 1.807) is 13.0 Å². The zero-order valence-corrected chi connectivity index (χ0v) is 14.5. The third kappa shape index (κ3) is 4.19. The molecule has 0 unspecified atom stereocenters. The van der Waals surface area contributed by atoms with Crippen LogP contribution in [0, 0.1) is 12.8 Å². The Bertz CT molecular complexity index is 681. The van der Waals surface area contributed by atoms with Crippen molar-refractivity contribution in [3.05, 3.63) is 18.5 Å². The molecule has 1 amide bonds. The second-order valence-corrected chi connectivity index (χ2v) is 8.01. The highest BCUT2D eigenvalue weighted by Gasteiger charge is 2.29. The molecule has 1 N–H and O–H groups in total. The smallest absolute Gasteiger partial charge is 0.250 e. The van der Waals surface area contributed by atoms with Crippen LogP contribution in [-0.2, 0) is 21.2 Å². The van der Waals surface area contributed by atoms with Gasteiger partial charge in [-0.1, -0.05) is 25.8 Å². The van der Waals surface area contributed by atoms with E-state index >= 15 is 0 Å². The first-order valence-electron chi connectivity index (χ1n) is 7.88. The van der Waals surface area contributed by atoms with Crippen LogP contribution in [0.25, 0.3) is 0 Å². The van der Waals surface area contributed by atoms with Crippen molar-refractivity contribution < 1.29 is 13.2 Å². The molecule has 1 aromatic heterocycles. The zero-order valence-electron chi connectivity index (χ0n) is 13.7. The summed E-state index contributed by atoms with van der Waals surface area (Å²) in [5.74, 6) is -0.229. The van der Waals surface area contributed by atoms with Gasteiger partial charge < -0.3 is 5.32 Å². The van der Waals surface area contributed by atoms with Crippen molar-refractivity contribution >= 4 is 15.7 Å². The maximum Gasteiger partial charge on any atom is 0.250 e. The largest absolute Gasteiger partial charge is 0.352 e. The molecule has 0 spiro atoms. The first kappa shape index (κ1) is 17.7. The number of nitrogens with one attached hydrogen (secondary N) is 1. The minimum absolute atomic E-state index is 0.0548. The zero-order chi connectivity index (χ0) is 17.0. The van der Waals surface area contributed by atoms with Crippen LogP contribution >= 0.6 is 0 Å². The van der Waals surface area contributed by atoms with E-state index in [1.807, 2.05) is 0 Å². The molecular weight excluding hydrogens is 316 g/mol. The summed E-state index contributed by atoms with van der Waals surface area (Å²) in [6, 6.07) is 0.0548. The number of hydrogen-bond acceptors (Lipinski definition) is 5. The Hall–Kier alpha value is -1.70. The van der Waals surface area contributed by atoms with E-state index in [0.717, 1.165) is 25.7 Å². The van der Waals surface area contributed by atoms with E-state index < -0.39 is 21.5 Å². The molecule has 1 heterocycles. The molecule has 1 aliphatic rings. The highest BCUT2D eigenvalue weighted by Crippen LogP contribution is 2.23. The topological polar surface area (TPSA) is 93.9 Å². The maximum absolute atomic E-state index is 12.5. The Morgan fingerprint density at radius 1 is 1.39 bits per heavy atom. The lowest BCUT2D eigenvalue weighted by Gasteiger charge is -2.29. The van der Waals surface area contributed by atoms with Crippen molar-refractivity contribution in [1.29, 1.82) is 0 Å². The van der Waals surface area contributed by atoms with Crippen LogP contribution in [0.15, 0.2) is 17.8 Å². The Morgan fingerprint density at radius 3 is 2.74 bits per heavy atom. The number of hydrogen-bond donors (Lipinski definition) is 1. The normalized spacial score (nSPS) is 21.8. The van der Waals surface area contributed by atoms with Crippen LogP contribution in [0.3, 0.4) is 0 Å². The average molecular weight is 340 g/mol. The Balaban J connectivity index is 2.08. The van der Waals surface area contributed by atoms with E-state index in [0.29, 0.717) is 11.7 Å². The van der Waals surface area contributed by atoms with Gasteiger partial charge in [0.1, 0.15) is 11.6 Å². The predicted octanol–water partition coefficient (Wildman–Crippen LogP) is 1.24. The SMILES string of the molecule is C=CCn1c(C)nnc1S(=O)(=O)CC(=O)N[C@@H]1CCCC[C@@H]1C. The molecule has 0 saturated heterocycles. The summed E-state index contributed by atoms with van der Waals surface area (Å²) in [5, 5.41) is 10.2. The molecule has 1 aromatic rings. The quantitative estimate of drug-likeness (QED) is 0.786. The van der Waals surface area contributed by atoms with Crippen molar-refractivity contribution in [3.8, 4) is 0 Å². The first-order chi connectivity index (χ1) is 10.8. The van der Waals surface area contributed by atoms with Crippen LogP contribution in [-0.4, -0.2) is 40.9 Å². The van der Waals surface area contributed by atoms with Gasteiger partial charge in [-0.25, -0.2) is 8.42 Å². The molecule has 2 atom stereocenters. The van der Waals surface area contributed by atoms with E-state index in [4.69, 9.17) is 0 Å². The standard InChI is InChI=1S/C15H24N4O3S/c1-4-9-19-12(3)17-18-15(19)23(21,22)10-14(20)16-13-8-6-5-7-11(13)2/h4,11,13H,1,5-10H2,2-3H3,(H,16,20)/t11-,13+/m0/s1.